The number of ether oxygens (including phenoxy) is 1. The van der Waals surface area contributed by atoms with E-state index >= 15 is 0 Å². The zero-order valence-electron chi connectivity index (χ0n) is 15.0. The topological polar surface area (TPSA) is 68.3 Å². The van der Waals surface area contributed by atoms with Gasteiger partial charge in [0.2, 0.25) is 0 Å². The third-order valence-electron chi connectivity index (χ3n) is 4.09. The molecule has 3 aromatic rings. The van der Waals surface area contributed by atoms with E-state index < -0.39 is 0 Å². The predicted octanol–water partition coefficient (Wildman–Crippen LogP) is 4.80. The van der Waals surface area contributed by atoms with Crippen molar-refractivity contribution < 1.29 is 14.3 Å². The Hall–Kier alpha value is -2.63. The molecule has 144 valence electrons. The number of aromatic nitrogens is 1. The zero-order valence-corrected chi connectivity index (χ0v) is 16.5. The van der Waals surface area contributed by atoms with Crippen LogP contribution in [0.5, 0.6) is 0 Å². The lowest BCUT2D eigenvalue weighted by Gasteiger charge is -2.08. The van der Waals surface area contributed by atoms with E-state index in [4.69, 9.17) is 27.9 Å². The van der Waals surface area contributed by atoms with Crippen LogP contribution < -0.4 is 5.32 Å². The van der Waals surface area contributed by atoms with Crippen LogP contribution in [0.15, 0.2) is 54.6 Å². The minimum absolute atomic E-state index is 0.0621. The Morgan fingerprint density at radius 1 is 1.04 bits per heavy atom. The Morgan fingerprint density at radius 3 is 2.57 bits per heavy atom. The van der Waals surface area contributed by atoms with E-state index in [1.165, 1.54) is 0 Å². The van der Waals surface area contributed by atoms with Gasteiger partial charge in [0.05, 0.1) is 5.52 Å². The predicted molar refractivity (Wildman–Crippen MR) is 110 cm³/mol. The number of benzene rings is 2. The van der Waals surface area contributed by atoms with Crippen molar-refractivity contribution in [3.05, 3.63) is 75.9 Å². The Bertz CT molecular complexity index is 991. The molecule has 1 amide bonds. The first kappa shape index (κ1) is 20.1. The van der Waals surface area contributed by atoms with Gasteiger partial charge in [-0.15, -0.1) is 0 Å². The highest BCUT2D eigenvalue weighted by molar-refractivity contribution is 6.31. The molecule has 28 heavy (non-hydrogen) atoms. The maximum absolute atomic E-state index is 12.0. The lowest BCUT2D eigenvalue weighted by atomic mass is 10.2. The molecule has 0 unspecified atom stereocenters. The van der Waals surface area contributed by atoms with Crippen molar-refractivity contribution in [3.8, 4) is 0 Å². The summed E-state index contributed by atoms with van der Waals surface area (Å²) < 4.78 is 5.27. The van der Waals surface area contributed by atoms with Crippen molar-refractivity contribution in [1.82, 2.24) is 10.3 Å². The average molecular weight is 417 g/mol. The summed E-state index contributed by atoms with van der Waals surface area (Å²) in [4.78, 5) is 28.2. The van der Waals surface area contributed by atoms with Crippen LogP contribution in [0.2, 0.25) is 10.2 Å². The number of amides is 1. The van der Waals surface area contributed by atoms with E-state index in [0.717, 1.165) is 10.9 Å². The summed E-state index contributed by atoms with van der Waals surface area (Å²) in [5.74, 6) is -0.566. The van der Waals surface area contributed by atoms with Gasteiger partial charge in [-0.2, -0.15) is 0 Å². The van der Waals surface area contributed by atoms with Crippen molar-refractivity contribution in [3.63, 3.8) is 0 Å². The summed E-state index contributed by atoms with van der Waals surface area (Å²) in [6.45, 7) is 0.432. The van der Waals surface area contributed by atoms with E-state index in [0.29, 0.717) is 34.3 Å². The molecule has 1 heterocycles. The molecule has 3 rings (SSSR count). The molecule has 0 aliphatic heterocycles. The highest BCUT2D eigenvalue weighted by atomic mass is 35.5. The molecule has 0 saturated heterocycles. The average Bonchev–Trinajstić information content (AvgIpc) is 2.70. The standard InChI is InChI=1S/C21H18Cl2N2O3/c22-17-9-7-14(8-10-17)21(27)24-11-3-6-19(26)28-13-16-12-15-4-1-2-5-18(15)25-20(16)23/h1-2,4-5,7-10,12H,3,6,11,13H2,(H,24,27). The fourth-order valence-corrected chi connectivity index (χ4v) is 2.93. The van der Waals surface area contributed by atoms with E-state index in [1.807, 2.05) is 30.3 Å². The molecule has 0 fully saturated rings. The number of nitrogens with one attached hydrogen (secondary N) is 1. The van der Waals surface area contributed by atoms with Gasteiger partial charge in [0.15, 0.2) is 0 Å². The van der Waals surface area contributed by atoms with E-state index in [9.17, 15) is 9.59 Å². The largest absolute Gasteiger partial charge is 0.461 e. The minimum atomic E-state index is -0.357. The summed E-state index contributed by atoms with van der Waals surface area (Å²) in [6.07, 6.45) is 0.668. The minimum Gasteiger partial charge on any atom is -0.461 e. The van der Waals surface area contributed by atoms with Crippen LogP contribution in [0.4, 0.5) is 0 Å². The van der Waals surface area contributed by atoms with E-state index in [1.54, 1.807) is 24.3 Å². The van der Waals surface area contributed by atoms with Crippen LogP contribution in [0.3, 0.4) is 0 Å². The van der Waals surface area contributed by atoms with Gasteiger partial charge in [-0.3, -0.25) is 9.59 Å². The van der Waals surface area contributed by atoms with Gasteiger partial charge < -0.3 is 10.1 Å². The molecule has 0 aliphatic rings. The molecular weight excluding hydrogens is 399 g/mol. The first-order valence-corrected chi connectivity index (χ1v) is 9.52. The Balaban J connectivity index is 1.42. The SMILES string of the molecule is O=C(CCCNC(=O)c1ccc(Cl)cc1)OCc1cc2ccccc2nc1Cl. The molecule has 0 spiro atoms. The highest BCUT2D eigenvalue weighted by Crippen LogP contribution is 2.21. The van der Waals surface area contributed by atoms with Gasteiger partial charge in [0.1, 0.15) is 11.8 Å². The maximum Gasteiger partial charge on any atom is 0.306 e. The molecule has 0 saturated carbocycles. The molecular formula is C21H18Cl2N2O3. The summed E-state index contributed by atoms with van der Waals surface area (Å²) in [5.41, 5.74) is 1.97. The number of carbonyl (C=O) groups excluding carboxylic acids is 2. The molecule has 2 aromatic carbocycles. The second-order valence-electron chi connectivity index (χ2n) is 6.16. The molecule has 1 N–H and O–H groups in total. The van der Waals surface area contributed by atoms with E-state index in [-0.39, 0.29) is 24.9 Å². The lowest BCUT2D eigenvalue weighted by molar-refractivity contribution is -0.145. The van der Waals surface area contributed by atoms with Crippen LogP contribution in [0, 0.1) is 0 Å². The highest BCUT2D eigenvalue weighted by Gasteiger charge is 2.09. The smallest absolute Gasteiger partial charge is 0.306 e. The van der Waals surface area contributed by atoms with E-state index in [2.05, 4.69) is 10.3 Å². The second kappa shape index (κ2) is 9.53. The molecule has 7 heteroatoms. The van der Waals surface area contributed by atoms with Gasteiger partial charge in [-0.1, -0.05) is 41.4 Å². The van der Waals surface area contributed by atoms with Crippen molar-refractivity contribution in [2.24, 2.45) is 0 Å². The van der Waals surface area contributed by atoms with Crippen molar-refractivity contribution in [2.45, 2.75) is 19.4 Å². The number of pyridine rings is 1. The normalized spacial score (nSPS) is 10.6. The Labute approximate surface area is 172 Å². The Morgan fingerprint density at radius 2 is 1.79 bits per heavy atom. The molecule has 0 atom stereocenters. The maximum atomic E-state index is 12.0. The lowest BCUT2D eigenvalue weighted by Crippen LogP contribution is -2.25. The first-order chi connectivity index (χ1) is 13.5. The number of hydrogen-bond acceptors (Lipinski definition) is 4. The third-order valence-corrected chi connectivity index (χ3v) is 4.67. The van der Waals surface area contributed by atoms with Gasteiger partial charge in [-0.25, -0.2) is 4.98 Å². The number of carbonyl (C=O) groups is 2. The number of nitrogens with zero attached hydrogens (tertiary/aromatic N) is 1. The van der Waals surface area contributed by atoms with Gasteiger partial charge in [-0.05, 0) is 42.8 Å². The fraction of sp³-hybridized carbons (Fsp3) is 0.190. The molecule has 5 nitrogen and oxygen atoms in total. The summed E-state index contributed by atoms with van der Waals surface area (Å²) >= 11 is 12.0. The number of para-hydroxylation sites is 1. The Kier molecular flexibility index (Phi) is 6.85. The molecule has 0 radical (unpaired) electrons. The molecule has 0 bridgehead atoms. The van der Waals surface area contributed by atoms with Gasteiger partial charge >= 0.3 is 5.97 Å². The summed E-state index contributed by atoms with van der Waals surface area (Å²) in [7, 11) is 0. The van der Waals surface area contributed by atoms with Crippen LogP contribution in [0.1, 0.15) is 28.8 Å². The first-order valence-electron chi connectivity index (χ1n) is 8.76. The van der Waals surface area contributed by atoms with Crippen LogP contribution in [-0.4, -0.2) is 23.4 Å². The molecule has 0 aliphatic carbocycles. The number of rotatable bonds is 7. The van der Waals surface area contributed by atoms with Gasteiger partial charge in [0.25, 0.3) is 5.91 Å². The zero-order chi connectivity index (χ0) is 19.9. The fourth-order valence-electron chi connectivity index (χ4n) is 2.61. The summed E-state index contributed by atoms with van der Waals surface area (Å²) in [5, 5.41) is 4.58. The third kappa shape index (κ3) is 5.44. The number of esters is 1. The quantitative estimate of drug-likeness (QED) is 0.341. The number of fused-ring (bicyclic) bond motifs is 1. The monoisotopic (exact) mass is 416 g/mol. The number of hydrogen-bond donors (Lipinski definition) is 1. The van der Waals surface area contributed by atoms with Crippen LogP contribution in [-0.2, 0) is 16.1 Å². The van der Waals surface area contributed by atoms with Crippen LogP contribution in [0.25, 0.3) is 10.9 Å². The number of halogens is 2. The van der Waals surface area contributed by atoms with Gasteiger partial charge in [0, 0.05) is 34.5 Å². The molecule has 1 aromatic heterocycles. The van der Waals surface area contributed by atoms with Crippen molar-refractivity contribution in [2.75, 3.05) is 6.54 Å². The van der Waals surface area contributed by atoms with Crippen molar-refractivity contribution >= 4 is 46.0 Å². The summed E-state index contributed by atoms with van der Waals surface area (Å²) in [6, 6.07) is 16.1. The second-order valence-corrected chi connectivity index (χ2v) is 6.95. The van der Waals surface area contributed by atoms with Crippen LogP contribution >= 0.6 is 23.2 Å². The van der Waals surface area contributed by atoms with Crippen molar-refractivity contribution in [1.29, 1.82) is 0 Å².